The molecule has 0 aliphatic carbocycles. The normalized spacial score (nSPS) is 10.1. The number of rotatable bonds is 7. The molecule has 21 heavy (non-hydrogen) atoms. The lowest BCUT2D eigenvalue weighted by Gasteiger charge is -2.08. The topological polar surface area (TPSA) is 64.4 Å². The van der Waals surface area contributed by atoms with Gasteiger partial charge in [-0.2, -0.15) is 0 Å². The first-order valence-electron chi connectivity index (χ1n) is 7.03. The minimum atomic E-state index is -0.0207. The molecule has 0 aromatic heterocycles. The molecule has 0 atom stereocenters. The van der Waals surface area contributed by atoms with Crippen molar-refractivity contribution in [1.82, 2.24) is 5.32 Å². The van der Waals surface area contributed by atoms with Crippen LogP contribution < -0.4 is 15.8 Å². The zero-order valence-corrected chi connectivity index (χ0v) is 11.9. The second-order valence-electron chi connectivity index (χ2n) is 4.74. The molecular weight excluding hydrogens is 264 g/mol. The fraction of sp³-hybridized carbons (Fsp3) is 0.235. The summed E-state index contributed by atoms with van der Waals surface area (Å²) in [7, 11) is 0. The molecule has 0 bridgehead atoms. The highest BCUT2D eigenvalue weighted by Gasteiger charge is 2.05. The molecule has 2 rings (SSSR count). The maximum atomic E-state index is 11.8. The van der Waals surface area contributed by atoms with Crippen molar-refractivity contribution in [3.05, 3.63) is 60.2 Å². The maximum Gasteiger partial charge on any atom is 0.224 e. The highest BCUT2D eigenvalue weighted by atomic mass is 16.5. The Hall–Kier alpha value is -2.49. The van der Waals surface area contributed by atoms with Crippen LogP contribution in [-0.4, -0.2) is 19.1 Å². The van der Waals surface area contributed by atoms with E-state index in [1.54, 1.807) is 6.07 Å². The summed E-state index contributed by atoms with van der Waals surface area (Å²) in [5, 5.41) is 2.87. The van der Waals surface area contributed by atoms with Gasteiger partial charge in [-0.25, -0.2) is 0 Å². The molecule has 0 heterocycles. The fourth-order valence-electron chi connectivity index (χ4n) is 1.94. The Bertz CT molecular complexity index is 570. The first kappa shape index (κ1) is 14.9. The molecule has 0 aliphatic heterocycles. The Kier molecular flexibility index (Phi) is 5.64. The standard InChI is InChI=1S/C17H20N2O2/c18-16-10-5-4-7-14(16)13-17(20)19-11-6-12-21-15-8-2-1-3-9-15/h1-5,7-10H,6,11-13,18H2,(H,19,20). The molecule has 0 aliphatic rings. The number of para-hydroxylation sites is 2. The number of nitrogens with one attached hydrogen (secondary N) is 1. The van der Waals surface area contributed by atoms with E-state index in [4.69, 9.17) is 10.5 Å². The molecule has 0 spiro atoms. The van der Waals surface area contributed by atoms with Gasteiger partial charge in [-0.3, -0.25) is 4.79 Å². The predicted molar refractivity (Wildman–Crippen MR) is 84.1 cm³/mol. The van der Waals surface area contributed by atoms with E-state index in [9.17, 15) is 4.79 Å². The lowest BCUT2D eigenvalue weighted by Crippen LogP contribution is -2.27. The summed E-state index contributed by atoms with van der Waals surface area (Å²) in [6.07, 6.45) is 1.08. The number of hydrogen-bond acceptors (Lipinski definition) is 3. The molecule has 110 valence electrons. The van der Waals surface area contributed by atoms with Crippen LogP contribution in [0.15, 0.2) is 54.6 Å². The van der Waals surface area contributed by atoms with E-state index in [-0.39, 0.29) is 5.91 Å². The zero-order valence-electron chi connectivity index (χ0n) is 11.9. The van der Waals surface area contributed by atoms with Gasteiger partial charge in [0.25, 0.3) is 0 Å². The van der Waals surface area contributed by atoms with Gasteiger partial charge in [-0.05, 0) is 30.2 Å². The van der Waals surface area contributed by atoms with Crippen LogP contribution in [0.3, 0.4) is 0 Å². The van der Waals surface area contributed by atoms with E-state index in [1.165, 1.54) is 0 Å². The molecule has 3 N–H and O–H groups in total. The van der Waals surface area contributed by atoms with Crippen molar-refractivity contribution in [3.8, 4) is 5.75 Å². The number of amides is 1. The van der Waals surface area contributed by atoms with Crippen LogP contribution in [0.5, 0.6) is 5.75 Å². The van der Waals surface area contributed by atoms with Gasteiger partial charge in [0.15, 0.2) is 0 Å². The van der Waals surface area contributed by atoms with Crippen molar-refractivity contribution in [1.29, 1.82) is 0 Å². The summed E-state index contributed by atoms with van der Waals surface area (Å²) >= 11 is 0. The van der Waals surface area contributed by atoms with Crippen molar-refractivity contribution < 1.29 is 9.53 Å². The highest BCUT2D eigenvalue weighted by Crippen LogP contribution is 2.11. The van der Waals surface area contributed by atoms with Crippen molar-refractivity contribution in [2.24, 2.45) is 0 Å². The van der Waals surface area contributed by atoms with E-state index in [2.05, 4.69) is 5.32 Å². The number of carbonyl (C=O) groups excluding carboxylic acids is 1. The van der Waals surface area contributed by atoms with Crippen molar-refractivity contribution in [2.75, 3.05) is 18.9 Å². The Labute approximate surface area is 124 Å². The van der Waals surface area contributed by atoms with Crippen LogP contribution in [0.4, 0.5) is 5.69 Å². The average molecular weight is 284 g/mol. The summed E-state index contributed by atoms with van der Waals surface area (Å²) in [4.78, 5) is 11.8. The SMILES string of the molecule is Nc1ccccc1CC(=O)NCCCOc1ccccc1. The van der Waals surface area contributed by atoms with E-state index >= 15 is 0 Å². The monoisotopic (exact) mass is 284 g/mol. The van der Waals surface area contributed by atoms with Gasteiger partial charge in [0.1, 0.15) is 5.75 Å². The molecule has 4 heteroatoms. The Balaban J connectivity index is 1.63. The van der Waals surface area contributed by atoms with Crippen LogP contribution in [0.2, 0.25) is 0 Å². The predicted octanol–water partition coefficient (Wildman–Crippen LogP) is 2.40. The number of nitrogen functional groups attached to an aromatic ring is 1. The minimum absolute atomic E-state index is 0.0207. The van der Waals surface area contributed by atoms with Crippen LogP contribution in [-0.2, 0) is 11.2 Å². The second kappa shape index (κ2) is 7.94. The Morgan fingerprint density at radius 2 is 1.76 bits per heavy atom. The molecule has 0 fully saturated rings. The first-order chi connectivity index (χ1) is 10.3. The third-order valence-electron chi connectivity index (χ3n) is 3.06. The Morgan fingerprint density at radius 1 is 1.05 bits per heavy atom. The van der Waals surface area contributed by atoms with Gasteiger partial charge in [-0.15, -0.1) is 0 Å². The lowest BCUT2D eigenvalue weighted by atomic mass is 10.1. The van der Waals surface area contributed by atoms with Crippen LogP contribution in [0.1, 0.15) is 12.0 Å². The summed E-state index contributed by atoms with van der Waals surface area (Å²) < 4.78 is 5.55. The summed E-state index contributed by atoms with van der Waals surface area (Å²) in [6.45, 7) is 1.18. The number of anilines is 1. The van der Waals surface area contributed by atoms with Crippen LogP contribution in [0.25, 0.3) is 0 Å². The van der Waals surface area contributed by atoms with Gasteiger partial charge in [0.2, 0.25) is 5.91 Å². The number of benzene rings is 2. The first-order valence-corrected chi connectivity index (χ1v) is 7.03. The second-order valence-corrected chi connectivity index (χ2v) is 4.74. The molecule has 2 aromatic rings. The van der Waals surface area contributed by atoms with Crippen molar-refractivity contribution >= 4 is 11.6 Å². The molecule has 2 aromatic carbocycles. The van der Waals surface area contributed by atoms with E-state index in [0.29, 0.717) is 25.3 Å². The third-order valence-corrected chi connectivity index (χ3v) is 3.06. The molecule has 4 nitrogen and oxygen atoms in total. The van der Waals surface area contributed by atoms with Gasteiger partial charge < -0.3 is 15.8 Å². The molecule has 0 saturated carbocycles. The summed E-state index contributed by atoms with van der Waals surface area (Å²) in [5.74, 6) is 0.827. The maximum absolute atomic E-state index is 11.8. The highest BCUT2D eigenvalue weighted by molar-refractivity contribution is 5.80. The molecule has 1 amide bonds. The van der Waals surface area contributed by atoms with E-state index in [1.807, 2.05) is 48.5 Å². The quantitative estimate of drug-likeness (QED) is 0.606. The molecule has 0 saturated heterocycles. The van der Waals surface area contributed by atoms with Crippen LogP contribution >= 0.6 is 0 Å². The smallest absolute Gasteiger partial charge is 0.224 e. The lowest BCUT2D eigenvalue weighted by molar-refractivity contribution is -0.120. The molecular formula is C17H20N2O2. The van der Waals surface area contributed by atoms with Gasteiger partial charge in [-0.1, -0.05) is 36.4 Å². The van der Waals surface area contributed by atoms with Gasteiger partial charge >= 0.3 is 0 Å². The molecule has 0 unspecified atom stereocenters. The van der Waals surface area contributed by atoms with Crippen LogP contribution in [0, 0.1) is 0 Å². The zero-order chi connectivity index (χ0) is 14.9. The fourth-order valence-corrected chi connectivity index (χ4v) is 1.94. The third kappa shape index (κ3) is 5.18. The summed E-state index contributed by atoms with van der Waals surface area (Å²) in [6, 6.07) is 17.0. The Morgan fingerprint density at radius 3 is 2.52 bits per heavy atom. The number of nitrogens with two attached hydrogens (primary N) is 1. The van der Waals surface area contributed by atoms with Gasteiger partial charge in [0.05, 0.1) is 13.0 Å². The van der Waals surface area contributed by atoms with E-state index in [0.717, 1.165) is 17.7 Å². The molecule has 0 radical (unpaired) electrons. The van der Waals surface area contributed by atoms with Crippen molar-refractivity contribution in [2.45, 2.75) is 12.8 Å². The number of hydrogen-bond donors (Lipinski definition) is 2. The number of ether oxygens (including phenoxy) is 1. The largest absolute Gasteiger partial charge is 0.494 e. The van der Waals surface area contributed by atoms with E-state index < -0.39 is 0 Å². The average Bonchev–Trinajstić information content (AvgIpc) is 2.50. The van der Waals surface area contributed by atoms with Crippen molar-refractivity contribution in [3.63, 3.8) is 0 Å². The summed E-state index contributed by atoms with van der Waals surface area (Å²) in [5.41, 5.74) is 7.32. The van der Waals surface area contributed by atoms with Gasteiger partial charge in [0, 0.05) is 12.2 Å². The number of carbonyl (C=O) groups is 1. The minimum Gasteiger partial charge on any atom is -0.494 e.